The summed E-state index contributed by atoms with van der Waals surface area (Å²) in [5.41, 5.74) is 3.93. The summed E-state index contributed by atoms with van der Waals surface area (Å²) in [6, 6.07) is 3.29. The van der Waals surface area contributed by atoms with Gasteiger partial charge in [0.15, 0.2) is 0 Å². The number of hydrogen-bond acceptors (Lipinski definition) is 6. The number of rotatable bonds is 5. The van der Waals surface area contributed by atoms with Crippen molar-refractivity contribution in [3.8, 4) is 0 Å². The highest BCUT2D eigenvalue weighted by atomic mass is 16.2. The summed E-state index contributed by atoms with van der Waals surface area (Å²) < 4.78 is 1.93. The number of imide groups is 1. The Morgan fingerprint density at radius 3 is 2.59 bits per heavy atom. The van der Waals surface area contributed by atoms with Crippen LogP contribution in [0.2, 0.25) is 0 Å². The van der Waals surface area contributed by atoms with Gasteiger partial charge in [0.05, 0.1) is 23.8 Å². The Balaban J connectivity index is 1.10. The van der Waals surface area contributed by atoms with Crippen molar-refractivity contribution < 1.29 is 19.2 Å². The number of benzene rings is 1. The number of piperidine rings is 1. The van der Waals surface area contributed by atoms with Gasteiger partial charge in [-0.05, 0) is 55.4 Å². The molecule has 4 amide bonds. The van der Waals surface area contributed by atoms with Crippen molar-refractivity contribution in [3.63, 3.8) is 0 Å². The topological polar surface area (TPSA) is 108 Å². The van der Waals surface area contributed by atoms with Gasteiger partial charge >= 0.3 is 0 Å². The lowest BCUT2D eigenvalue weighted by atomic mass is 9.69. The number of nitrogens with zero attached hydrogens (tertiary/aromatic N) is 5. The number of amides is 4. The first-order chi connectivity index (χ1) is 19.7. The first-order valence-corrected chi connectivity index (χ1v) is 14.7. The molecule has 2 aromatic rings. The smallest absolute Gasteiger partial charge is 0.249 e. The van der Waals surface area contributed by atoms with Crippen molar-refractivity contribution in [1.29, 1.82) is 0 Å². The maximum absolute atomic E-state index is 13.8. The number of nitrogens with one attached hydrogen (secondary N) is 1. The van der Waals surface area contributed by atoms with E-state index >= 15 is 0 Å². The molecule has 2 unspecified atom stereocenters. The summed E-state index contributed by atoms with van der Waals surface area (Å²) in [4.78, 5) is 57.1. The van der Waals surface area contributed by atoms with Crippen LogP contribution >= 0.6 is 0 Å². The van der Waals surface area contributed by atoms with Crippen molar-refractivity contribution >= 4 is 41.1 Å². The number of carbonyl (C=O) groups excluding carboxylic acids is 4. The van der Waals surface area contributed by atoms with Gasteiger partial charge in [0, 0.05) is 49.9 Å². The Bertz CT molecular complexity index is 1500. The molecule has 3 fully saturated rings. The average Bonchev–Trinajstić information content (AvgIpc) is 3.50. The molecule has 41 heavy (non-hydrogen) atoms. The third kappa shape index (κ3) is 4.01. The predicted molar refractivity (Wildman–Crippen MR) is 153 cm³/mol. The van der Waals surface area contributed by atoms with Crippen molar-refractivity contribution in [3.05, 3.63) is 47.3 Å². The zero-order valence-corrected chi connectivity index (χ0v) is 23.7. The monoisotopic (exact) mass is 556 g/mol. The molecule has 0 radical (unpaired) electrons. The average molecular weight is 557 g/mol. The van der Waals surface area contributed by atoms with Crippen LogP contribution in [0, 0.1) is 5.41 Å². The summed E-state index contributed by atoms with van der Waals surface area (Å²) in [5, 5.41) is 7.06. The molecule has 1 aromatic heterocycles. The minimum atomic E-state index is -0.750. The molecule has 4 heterocycles. The van der Waals surface area contributed by atoms with E-state index in [0.717, 1.165) is 73.5 Å². The third-order valence-electron chi connectivity index (χ3n) is 10.0. The van der Waals surface area contributed by atoms with Gasteiger partial charge in [-0.1, -0.05) is 31.6 Å². The number of piperazine rings is 1. The molecule has 1 N–H and O–H groups in total. The first-order valence-electron chi connectivity index (χ1n) is 14.7. The van der Waals surface area contributed by atoms with Crippen LogP contribution < -0.4 is 15.1 Å². The van der Waals surface area contributed by atoms with Crippen LogP contribution in [0.3, 0.4) is 0 Å². The van der Waals surface area contributed by atoms with Gasteiger partial charge in [0.2, 0.25) is 23.6 Å². The molecule has 7 rings (SSSR count). The molecule has 2 aliphatic carbocycles. The number of anilines is 2. The third-order valence-corrected chi connectivity index (χ3v) is 10.0. The van der Waals surface area contributed by atoms with Crippen molar-refractivity contribution in [2.75, 3.05) is 36.0 Å². The minimum absolute atomic E-state index is 0.0879. The van der Waals surface area contributed by atoms with E-state index in [4.69, 9.17) is 0 Å². The van der Waals surface area contributed by atoms with Gasteiger partial charge in [-0.25, -0.2) is 0 Å². The van der Waals surface area contributed by atoms with Crippen molar-refractivity contribution in [2.24, 2.45) is 5.41 Å². The second kappa shape index (κ2) is 9.29. The maximum atomic E-state index is 13.8. The van der Waals surface area contributed by atoms with E-state index in [1.165, 1.54) is 0 Å². The Morgan fingerprint density at radius 1 is 1.10 bits per heavy atom. The molecule has 3 aliphatic heterocycles. The fourth-order valence-corrected chi connectivity index (χ4v) is 7.33. The molecular weight excluding hydrogens is 520 g/mol. The summed E-state index contributed by atoms with van der Waals surface area (Å²) in [6.07, 6.45) is 12.3. The van der Waals surface area contributed by atoms with Gasteiger partial charge in [-0.15, -0.1) is 0 Å². The van der Waals surface area contributed by atoms with E-state index in [0.29, 0.717) is 25.3 Å². The van der Waals surface area contributed by atoms with Crippen molar-refractivity contribution in [1.82, 2.24) is 20.0 Å². The molecule has 10 heteroatoms. The second-order valence-electron chi connectivity index (χ2n) is 12.7. The fourth-order valence-electron chi connectivity index (χ4n) is 7.33. The van der Waals surface area contributed by atoms with Gasteiger partial charge < -0.3 is 9.80 Å². The van der Waals surface area contributed by atoms with Crippen LogP contribution in [0.5, 0.6) is 0 Å². The SMILES string of the molecule is CC1(C(=O)N2CCN(c3cnn(Cc4ccc5c6c4C=CCC6(C)C(=O)N5C4CCC(=O)NC4=O)c3)CC2)CCC1. The lowest BCUT2D eigenvalue weighted by molar-refractivity contribution is -0.146. The maximum Gasteiger partial charge on any atom is 0.249 e. The molecule has 1 saturated carbocycles. The minimum Gasteiger partial charge on any atom is -0.365 e. The first kappa shape index (κ1) is 26.0. The van der Waals surface area contributed by atoms with E-state index in [-0.39, 0.29) is 23.7 Å². The van der Waals surface area contributed by atoms with E-state index in [1.54, 1.807) is 4.90 Å². The van der Waals surface area contributed by atoms with Crippen LogP contribution in [0.15, 0.2) is 30.6 Å². The Morgan fingerprint density at radius 2 is 1.88 bits per heavy atom. The molecule has 10 nitrogen and oxygen atoms in total. The Kier molecular flexibility index (Phi) is 5.89. The molecule has 214 valence electrons. The van der Waals surface area contributed by atoms with Gasteiger partial charge in [-0.3, -0.25) is 34.1 Å². The molecule has 2 atom stereocenters. The quantitative estimate of drug-likeness (QED) is 0.568. The summed E-state index contributed by atoms with van der Waals surface area (Å²) >= 11 is 0. The van der Waals surface area contributed by atoms with Gasteiger partial charge in [0.1, 0.15) is 6.04 Å². The van der Waals surface area contributed by atoms with Gasteiger partial charge in [0.25, 0.3) is 0 Å². The number of allylic oxidation sites excluding steroid dienone is 1. The Hall–Kier alpha value is -3.95. The van der Waals surface area contributed by atoms with Crippen LogP contribution in [0.25, 0.3) is 6.08 Å². The number of aromatic nitrogens is 2. The Labute approximate surface area is 239 Å². The molecule has 5 aliphatic rings. The van der Waals surface area contributed by atoms with E-state index in [9.17, 15) is 19.2 Å². The lowest BCUT2D eigenvalue weighted by Crippen LogP contribution is -2.55. The molecule has 0 bridgehead atoms. The fraction of sp³-hybridized carbons (Fsp3) is 0.516. The largest absolute Gasteiger partial charge is 0.365 e. The normalized spacial score (nSPS) is 26.6. The molecule has 2 saturated heterocycles. The van der Waals surface area contributed by atoms with E-state index in [2.05, 4.69) is 34.5 Å². The summed E-state index contributed by atoms with van der Waals surface area (Å²) in [6.45, 7) is 7.64. The highest BCUT2D eigenvalue weighted by Gasteiger charge is 2.53. The van der Waals surface area contributed by atoms with Crippen LogP contribution in [-0.2, 0) is 31.1 Å². The summed E-state index contributed by atoms with van der Waals surface area (Å²) in [7, 11) is 0. The molecule has 1 aromatic carbocycles. The van der Waals surface area contributed by atoms with Gasteiger partial charge in [-0.2, -0.15) is 5.10 Å². The highest BCUT2D eigenvalue weighted by Crippen LogP contribution is 2.51. The predicted octanol–water partition coefficient (Wildman–Crippen LogP) is 2.60. The molecular formula is C31H36N6O4. The number of hydrogen-bond donors (Lipinski definition) is 1. The summed E-state index contributed by atoms with van der Waals surface area (Å²) in [5.74, 6) is -0.483. The van der Waals surface area contributed by atoms with E-state index < -0.39 is 17.4 Å². The number of carbonyl (C=O) groups is 4. The van der Waals surface area contributed by atoms with Crippen LogP contribution in [0.1, 0.15) is 69.1 Å². The van der Waals surface area contributed by atoms with Crippen molar-refractivity contribution in [2.45, 2.75) is 70.4 Å². The highest BCUT2D eigenvalue weighted by molar-refractivity contribution is 6.15. The molecule has 0 spiro atoms. The zero-order valence-electron chi connectivity index (χ0n) is 23.7. The van der Waals surface area contributed by atoms with Crippen LogP contribution in [-0.4, -0.2) is 70.5 Å². The van der Waals surface area contributed by atoms with Crippen LogP contribution in [0.4, 0.5) is 11.4 Å². The standard InChI is InChI=1S/C31H36N6O4/c1-30(10-4-11-30)28(40)35-15-13-34(14-16-35)21-17-32-36(19-21)18-20-6-7-23-26-22(20)5-3-12-31(26,2)29(41)37(23)24-8-9-25(38)33-27(24)39/h3,5-7,17,19,24H,4,8-16,18H2,1-2H3,(H,33,38,39). The van der Waals surface area contributed by atoms with E-state index in [1.807, 2.05) is 40.9 Å². The second-order valence-corrected chi connectivity index (χ2v) is 12.7. The zero-order chi connectivity index (χ0) is 28.5. The lowest BCUT2D eigenvalue weighted by Gasteiger charge is -2.43.